The van der Waals surface area contributed by atoms with Crippen molar-refractivity contribution in [1.29, 1.82) is 0 Å². The molecule has 8 heteroatoms. The molecule has 0 aliphatic rings. The van der Waals surface area contributed by atoms with Gasteiger partial charge in [-0.3, -0.25) is 4.68 Å². The maximum absolute atomic E-state index is 13.9. The van der Waals surface area contributed by atoms with Gasteiger partial charge in [-0.1, -0.05) is 54.2 Å². The van der Waals surface area contributed by atoms with Gasteiger partial charge in [0.05, 0.1) is 11.4 Å². The number of fused-ring (bicyclic) bond motifs is 1. The Balaban J connectivity index is 1.54. The molecule has 39 heavy (non-hydrogen) atoms. The van der Waals surface area contributed by atoms with Gasteiger partial charge in [0.15, 0.2) is 10.8 Å². The predicted octanol–water partition coefficient (Wildman–Crippen LogP) is 7.20. The standard InChI is InChI=1S/C31H24FN5OS/c1-37-18-25-27(21-10-14-24(15-11-21)38-19-20-6-4-3-5-7-20)28(26-16-17-33-31(34-26)39-2)29(35-30(25)36-37)22-8-12-23(32)13-9-22/h3-18H,19H2,1-2H3. The van der Waals surface area contributed by atoms with Gasteiger partial charge in [-0.2, -0.15) is 5.10 Å². The summed E-state index contributed by atoms with van der Waals surface area (Å²) in [6.07, 6.45) is 5.66. The SMILES string of the molecule is CSc1nccc(-c2c(-c3ccc(F)cc3)nc3nn(C)cc3c2-c2ccc(OCc3ccccc3)cc2)n1. The van der Waals surface area contributed by atoms with Crippen molar-refractivity contribution in [3.05, 3.63) is 109 Å². The highest BCUT2D eigenvalue weighted by molar-refractivity contribution is 7.98. The molecule has 0 radical (unpaired) electrons. The third-order valence-electron chi connectivity index (χ3n) is 6.36. The molecule has 6 nitrogen and oxygen atoms in total. The number of aryl methyl sites for hydroxylation is 1. The largest absolute Gasteiger partial charge is 0.489 e. The molecule has 0 aliphatic carbocycles. The minimum Gasteiger partial charge on any atom is -0.489 e. The third kappa shape index (κ3) is 5.11. The lowest BCUT2D eigenvalue weighted by atomic mass is 9.91. The van der Waals surface area contributed by atoms with Crippen molar-refractivity contribution >= 4 is 22.8 Å². The summed E-state index contributed by atoms with van der Waals surface area (Å²) in [5.41, 5.74) is 6.60. The molecule has 0 fully saturated rings. The van der Waals surface area contributed by atoms with E-state index in [2.05, 4.69) is 10.1 Å². The molecule has 0 unspecified atom stereocenters. The topological polar surface area (TPSA) is 65.7 Å². The molecule has 3 heterocycles. The fourth-order valence-corrected chi connectivity index (χ4v) is 4.91. The molecule has 3 aromatic heterocycles. The Labute approximate surface area is 229 Å². The molecule has 6 aromatic rings. The lowest BCUT2D eigenvalue weighted by Crippen LogP contribution is -1.99. The number of aromatic nitrogens is 5. The highest BCUT2D eigenvalue weighted by Gasteiger charge is 2.23. The van der Waals surface area contributed by atoms with Crippen LogP contribution >= 0.6 is 11.8 Å². The highest BCUT2D eigenvalue weighted by atomic mass is 32.2. The molecule has 3 aromatic carbocycles. The van der Waals surface area contributed by atoms with Gasteiger partial charge in [0, 0.05) is 41.5 Å². The summed E-state index contributed by atoms with van der Waals surface area (Å²) in [5.74, 6) is 0.461. The second-order valence-corrected chi connectivity index (χ2v) is 9.76. The van der Waals surface area contributed by atoms with Crippen LogP contribution in [0.1, 0.15) is 5.56 Å². The molecule has 0 amide bonds. The van der Waals surface area contributed by atoms with E-state index in [0.717, 1.165) is 44.6 Å². The maximum Gasteiger partial charge on any atom is 0.187 e. The van der Waals surface area contributed by atoms with Crippen LogP contribution in [0.3, 0.4) is 0 Å². The quantitative estimate of drug-likeness (QED) is 0.160. The van der Waals surface area contributed by atoms with E-state index < -0.39 is 0 Å². The van der Waals surface area contributed by atoms with Crippen LogP contribution in [0.15, 0.2) is 102 Å². The van der Waals surface area contributed by atoms with Gasteiger partial charge in [0.25, 0.3) is 0 Å². The summed E-state index contributed by atoms with van der Waals surface area (Å²) in [5, 5.41) is 6.16. The van der Waals surface area contributed by atoms with Crippen molar-refractivity contribution in [3.8, 4) is 39.4 Å². The molecular formula is C31H24FN5OS. The van der Waals surface area contributed by atoms with E-state index in [1.54, 1.807) is 23.0 Å². The van der Waals surface area contributed by atoms with E-state index >= 15 is 0 Å². The first-order valence-corrected chi connectivity index (χ1v) is 13.6. The summed E-state index contributed by atoms with van der Waals surface area (Å²) >= 11 is 1.47. The average molecular weight is 534 g/mol. The molecule has 0 N–H and O–H groups in total. The first kappa shape index (κ1) is 24.8. The third-order valence-corrected chi connectivity index (χ3v) is 6.93. The van der Waals surface area contributed by atoms with Crippen LogP contribution in [0, 0.1) is 5.82 Å². The molecule has 0 aliphatic heterocycles. The second-order valence-electron chi connectivity index (χ2n) is 8.98. The van der Waals surface area contributed by atoms with Crippen molar-refractivity contribution in [1.82, 2.24) is 24.7 Å². The Kier molecular flexibility index (Phi) is 6.77. The number of nitrogens with zero attached hydrogens (tertiary/aromatic N) is 5. The number of hydrogen-bond donors (Lipinski definition) is 0. The van der Waals surface area contributed by atoms with Crippen molar-refractivity contribution in [2.75, 3.05) is 6.26 Å². The lowest BCUT2D eigenvalue weighted by molar-refractivity contribution is 0.306. The van der Waals surface area contributed by atoms with Crippen LogP contribution in [0.5, 0.6) is 5.75 Å². The van der Waals surface area contributed by atoms with Gasteiger partial charge in [0.1, 0.15) is 18.2 Å². The molecule has 0 saturated carbocycles. The molecule has 0 bridgehead atoms. The van der Waals surface area contributed by atoms with Gasteiger partial charge in [0.2, 0.25) is 0 Å². The molecule has 0 spiro atoms. The maximum atomic E-state index is 13.9. The highest BCUT2D eigenvalue weighted by Crippen LogP contribution is 2.43. The smallest absolute Gasteiger partial charge is 0.187 e. The van der Waals surface area contributed by atoms with Gasteiger partial charge in [-0.15, -0.1) is 0 Å². The zero-order valence-corrected chi connectivity index (χ0v) is 22.2. The number of hydrogen-bond acceptors (Lipinski definition) is 6. The first-order valence-electron chi connectivity index (χ1n) is 12.4. The van der Waals surface area contributed by atoms with Crippen LogP contribution in [-0.4, -0.2) is 31.0 Å². The summed E-state index contributed by atoms with van der Waals surface area (Å²) in [7, 11) is 1.87. The summed E-state index contributed by atoms with van der Waals surface area (Å²) in [6.45, 7) is 0.487. The van der Waals surface area contributed by atoms with E-state index in [0.29, 0.717) is 23.1 Å². The number of thioether (sulfide) groups is 1. The van der Waals surface area contributed by atoms with E-state index in [1.165, 1.54) is 23.9 Å². The second kappa shape index (κ2) is 10.7. The van der Waals surface area contributed by atoms with E-state index in [9.17, 15) is 4.39 Å². The number of halogens is 1. The predicted molar refractivity (Wildman–Crippen MR) is 153 cm³/mol. The average Bonchev–Trinajstić information content (AvgIpc) is 3.36. The zero-order chi connectivity index (χ0) is 26.8. The fourth-order valence-electron chi connectivity index (χ4n) is 4.55. The van der Waals surface area contributed by atoms with Crippen LogP contribution in [0.4, 0.5) is 4.39 Å². The Bertz CT molecular complexity index is 1750. The van der Waals surface area contributed by atoms with E-state index in [4.69, 9.17) is 14.7 Å². The Morgan fingerprint density at radius 3 is 2.33 bits per heavy atom. The van der Waals surface area contributed by atoms with Gasteiger partial charge >= 0.3 is 0 Å². The van der Waals surface area contributed by atoms with Crippen molar-refractivity contribution < 1.29 is 9.13 Å². The van der Waals surface area contributed by atoms with Gasteiger partial charge in [-0.05, 0) is 59.8 Å². The fraction of sp³-hybridized carbons (Fsp3) is 0.0968. The minimum absolute atomic E-state index is 0.308. The summed E-state index contributed by atoms with van der Waals surface area (Å²) in [4.78, 5) is 14.2. The van der Waals surface area contributed by atoms with Gasteiger partial charge < -0.3 is 4.74 Å². The Morgan fingerprint density at radius 2 is 1.59 bits per heavy atom. The lowest BCUT2D eigenvalue weighted by Gasteiger charge is -2.16. The molecule has 0 atom stereocenters. The van der Waals surface area contributed by atoms with Crippen molar-refractivity contribution in [3.63, 3.8) is 0 Å². The van der Waals surface area contributed by atoms with Gasteiger partial charge in [-0.25, -0.2) is 19.3 Å². The Morgan fingerprint density at radius 1 is 0.846 bits per heavy atom. The van der Waals surface area contributed by atoms with E-state index in [-0.39, 0.29) is 5.82 Å². The Hall–Kier alpha value is -4.56. The number of pyridine rings is 1. The van der Waals surface area contributed by atoms with Crippen LogP contribution in [0.25, 0.3) is 44.7 Å². The van der Waals surface area contributed by atoms with Crippen molar-refractivity contribution in [2.45, 2.75) is 11.8 Å². The van der Waals surface area contributed by atoms with Crippen LogP contribution in [0.2, 0.25) is 0 Å². The number of rotatable bonds is 7. The monoisotopic (exact) mass is 533 g/mol. The zero-order valence-electron chi connectivity index (χ0n) is 21.4. The normalized spacial score (nSPS) is 11.2. The molecule has 6 rings (SSSR count). The molecular weight excluding hydrogens is 509 g/mol. The molecule has 192 valence electrons. The molecule has 0 saturated heterocycles. The van der Waals surface area contributed by atoms with Crippen LogP contribution < -0.4 is 4.74 Å². The first-order chi connectivity index (χ1) is 19.1. The number of benzene rings is 3. The summed E-state index contributed by atoms with van der Waals surface area (Å²) in [6, 6.07) is 26.3. The minimum atomic E-state index is -0.308. The summed E-state index contributed by atoms with van der Waals surface area (Å²) < 4.78 is 21.7. The van der Waals surface area contributed by atoms with Crippen LogP contribution in [-0.2, 0) is 13.7 Å². The van der Waals surface area contributed by atoms with E-state index in [1.807, 2.05) is 80.2 Å². The van der Waals surface area contributed by atoms with Crippen molar-refractivity contribution in [2.24, 2.45) is 7.05 Å². The number of ether oxygens (including phenoxy) is 1.